The van der Waals surface area contributed by atoms with Crippen LogP contribution >= 0.6 is 24.0 Å². The van der Waals surface area contributed by atoms with Crippen LogP contribution in [-0.2, 0) is 6.42 Å². The van der Waals surface area contributed by atoms with E-state index in [1.54, 1.807) is 0 Å². The van der Waals surface area contributed by atoms with Crippen molar-refractivity contribution in [2.75, 3.05) is 6.54 Å². The van der Waals surface area contributed by atoms with Crippen molar-refractivity contribution in [2.45, 2.75) is 12.8 Å². The van der Waals surface area contributed by atoms with E-state index in [9.17, 15) is 0 Å². The van der Waals surface area contributed by atoms with E-state index in [2.05, 4.69) is 4.98 Å². The zero-order chi connectivity index (χ0) is 9.97. The number of nitrogens with two attached hydrogens (primary N) is 1. The first-order chi connectivity index (χ1) is 6.83. The molecule has 0 aliphatic carbocycles. The minimum absolute atomic E-state index is 0. The Balaban J connectivity index is 0.00000112. The fourth-order valence-corrected chi connectivity index (χ4v) is 1.99. The summed E-state index contributed by atoms with van der Waals surface area (Å²) in [6.07, 6.45) is 4.00. The van der Waals surface area contributed by atoms with Gasteiger partial charge in [-0.3, -0.25) is 0 Å². The van der Waals surface area contributed by atoms with Crippen molar-refractivity contribution in [1.82, 2.24) is 4.98 Å². The van der Waals surface area contributed by atoms with Gasteiger partial charge in [-0.05, 0) is 37.1 Å². The van der Waals surface area contributed by atoms with Crippen LogP contribution in [0.3, 0.4) is 0 Å². The predicted octanol–water partition coefficient (Wildman–Crippen LogP) is 3.13. The molecule has 0 amide bonds. The van der Waals surface area contributed by atoms with Crippen molar-refractivity contribution < 1.29 is 0 Å². The summed E-state index contributed by atoms with van der Waals surface area (Å²) in [6.45, 7) is 0.719. The molecule has 2 nitrogen and oxygen atoms in total. The number of hydrogen-bond donors (Lipinski definition) is 2. The molecule has 0 saturated carbocycles. The maximum atomic E-state index is 6.13. The van der Waals surface area contributed by atoms with Gasteiger partial charge in [-0.15, -0.1) is 12.4 Å². The Hall–Kier alpha value is -0.700. The average molecular weight is 245 g/mol. The van der Waals surface area contributed by atoms with E-state index in [1.807, 2.05) is 24.4 Å². The van der Waals surface area contributed by atoms with E-state index >= 15 is 0 Å². The Morgan fingerprint density at radius 3 is 2.87 bits per heavy atom. The Morgan fingerprint density at radius 1 is 1.33 bits per heavy atom. The summed E-state index contributed by atoms with van der Waals surface area (Å²) in [5, 5.41) is 1.96. The van der Waals surface area contributed by atoms with Crippen LogP contribution in [0.25, 0.3) is 10.9 Å². The minimum atomic E-state index is 0. The maximum Gasteiger partial charge on any atom is 0.0502 e. The zero-order valence-electron chi connectivity index (χ0n) is 8.29. The molecular weight excluding hydrogens is 231 g/mol. The molecule has 15 heavy (non-hydrogen) atoms. The molecule has 0 unspecified atom stereocenters. The molecule has 0 aliphatic rings. The number of aromatic nitrogens is 1. The number of benzene rings is 1. The third-order valence-corrected chi connectivity index (χ3v) is 2.70. The van der Waals surface area contributed by atoms with Crippen LogP contribution in [0.5, 0.6) is 0 Å². The average Bonchev–Trinajstić information content (AvgIpc) is 2.59. The number of H-pyrrole nitrogens is 1. The summed E-state index contributed by atoms with van der Waals surface area (Å²) in [4.78, 5) is 3.21. The standard InChI is InChI=1S/C11H13ClN2.ClH/c12-9-4-1-5-10-11(9)8(7-14-10)3-2-6-13;/h1,4-5,7,14H,2-3,6,13H2;1H. The Bertz CT molecular complexity index is 437. The summed E-state index contributed by atoms with van der Waals surface area (Å²) in [7, 11) is 0. The van der Waals surface area contributed by atoms with E-state index in [4.69, 9.17) is 17.3 Å². The molecule has 0 spiro atoms. The van der Waals surface area contributed by atoms with Gasteiger partial charge in [0.05, 0.1) is 5.02 Å². The SMILES string of the molecule is Cl.NCCCc1c[nH]c2cccc(Cl)c12. The van der Waals surface area contributed by atoms with Crippen LogP contribution in [0.15, 0.2) is 24.4 Å². The van der Waals surface area contributed by atoms with Crippen LogP contribution in [0.4, 0.5) is 0 Å². The van der Waals surface area contributed by atoms with Crippen LogP contribution in [-0.4, -0.2) is 11.5 Å². The van der Waals surface area contributed by atoms with Crippen LogP contribution < -0.4 is 5.73 Å². The third kappa shape index (κ3) is 2.46. The second-order valence-electron chi connectivity index (χ2n) is 3.37. The minimum Gasteiger partial charge on any atom is -0.361 e. The lowest BCUT2D eigenvalue weighted by Gasteiger charge is -1.99. The van der Waals surface area contributed by atoms with Crippen molar-refractivity contribution in [3.63, 3.8) is 0 Å². The molecule has 0 fully saturated rings. The highest BCUT2D eigenvalue weighted by molar-refractivity contribution is 6.35. The lowest BCUT2D eigenvalue weighted by atomic mass is 10.1. The molecule has 3 N–H and O–H groups in total. The van der Waals surface area contributed by atoms with Crippen LogP contribution in [0.2, 0.25) is 5.02 Å². The molecule has 1 aromatic heterocycles. The number of rotatable bonds is 3. The lowest BCUT2D eigenvalue weighted by molar-refractivity contribution is 0.837. The summed E-state index contributed by atoms with van der Waals surface area (Å²) < 4.78 is 0. The summed E-state index contributed by atoms with van der Waals surface area (Å²) in [5.74, 6) is 0. The van der Waals surface area contributed by atoms with Crippen molar-refractivity contribution in [1.29, 1.82) is 0 Å². The fourth-order valence-electron chi connectivity index (χ4n) is 1.70. The van der Waals surface area contributed by atoms with Crippen molar-refractivity contribution in [3.05, 3.63) is 35.0 Å². The molecule has 1 aromatic carbocycles. The largest absolute Gasteiger partial charge is 0.361 e. The molecular formula is C11H14Cl2N2. The van der Waals surface area contributed by atoms with Crippen molar-refractivity contribution >= 4 is 34.9 Å². The van der Waals surface area contributed by atoms with Gasteiger partial charge in [0.25, 0.3) is 0 Å². The van der Waals surface area contributed by atoms with Gasteiger partial charge in [0.2, 0.25) is 0 Å². The van der Waals surface area contributed by atoms with E-state index < -0.39 is 0 Å². The molecule has 0 radical (unpaired) electrons. The predicted molar refractivity (Wildman–Crippen MR) is 67.9 cm³/mol. The first-order valence-electron chi connectivity index (χ1n) is 4.77. The zero-order valence-corrected chi connectivity index (χ0v) is 9.87. The summed E-state index contributed by atoms with van der Waals surface area (Å²) >= 11 is 6.13. The number of aromatic amines is 1. The Morgan fingerprint density at radius 2 is 2.13 bits per heavy atom. The molecule has 0 atom stereocenters. The Labute approximate surface area is 100 Å². The molecule has 4 heteroatoms. The van der Waals surface area contributed by atoms with E-state index in [1.165, 1.54) is 5.56 Å². The monoisotopic (exact) mass is 244 g/mol. The molecule has 0 saturated heterocycles. The van der Waals surface area contributed by atoms with Gasteiger partial charge in [0.1, 0.15) is 0 Å². The van der Waals surface area contributed by atoms with Crippen LogP contribution in [0.1, 0.15) is 12.0 Å². The molecule has 2 rings (SSSR count). The van der Waals surface area contributed by atoms with Crippen molar-refractivity contribution in [2.24, 2.45) is 5.73 Å². The first kappa shape index (κ1) is 12.4. The molecule has 2 aromatic rings. The Kier molecular flexibility index (Phi) is 4.45. The number of halogens is 2. The molecule has 82 valence electrons. The highest BCUT2D eigenvalue weighted by Crippen LogP contribution is 2.26. The first-order valence-corrected chi connectivity index (χ1v) is 5.15. The van der Waals surface area contributed by atoms with Gasteiger partial charge in [-0.1, -0.05) is 17.7 Å². The third-order valence-electron chi connectivity index (χ3n) is 2.39. The normalized spacial score (nSPS) is 10.3. The lowest BCUT2D eigenvalue weighted by Crippen LogP contribution is -1.99. The van der Waals surface area contributed by atoms with Gasteiger partial charge in [0, 0.05) is 17.1 Å². The van der Waals surface area contributed by atoms with Crippen molar-refractivity contribution in [3.8, 4) is 0 Å². The maximum absolute atomic E-state index is 6.13. The number of fused-ring (bicyclic) bond motifs is 1. The fraction of sp³-hybridized carbons (Fsp3) is 0.273. The smallest absolute Gasteiger partial charge is 0.0502 e. The quantitative estimate of drug-likeness (QED) is 0.856. The van der Waals surface area contributed by atoms with Crippen LogP contribution in [0, 0.1) is 0 Å². The van der Waals surface area contributed by atoms with E-state index in [-0.39, 0.29) is 12.4 Å². The highest BCUT2D eigenvalue weighted by Gasteiger charge is 2.05. The van der Waals surface area contributed by atoms with Gasteiger partial charge >= 0.3 is 0 Å². The molecule has 0 aliphatic heterocycles. The molecule has 0 bridgehead atoms. The van der Waals surface area contributed by atoms with Gasteiger partial charge in [-0.25, -0.2) is 0 Å². The topological polar surface area (TPSA) is 41.8 Å². The van der Waals surface area contributed by atoms with E-state index in [0.717, 1.165) is 35.3 Å². The number of aryl methyl sites for hydroxylation is 1. The second kappa shape index (κ2) is 5.40. The summed E-state index contributed by atoms with van der Waals surface area (Å²) in [5.41, 5.74) is 7.85. The number of nitrogens with one attached hydrogen (secondary N) is 1. The second-order valence-corrected chi connectivity index (χ2v) is 3.78. The number of hydrogen-bond acceptors (Lipinski definition) is 1. The van der Waals surface area contributed by atoms with Gasteiger partial charge < -0.3 is 10.7 Å². The molecule has 1 heterocycles. The van der Waals surface area contributed by atoms with Gasteiger partial charge in [-0.2, -0.15) is 0 Å². The summed E-state index contributed by atoms with van der Waals surface area (Å²) in [6, 6.07) is 5.91. The van der Waals surface area contributed by atoms with Gasteiger partial charge in [0.15, 0.2) is 0 Å². The highest BCUT2D eigenvalue weighted by atomic mass is 35.5. The van der Waals surface area contributed by atoms with E-state index in [0.29, 0.717) is 0 Å².